The van der Waals surface area contributed by atoms with Gasteiger partial charge in [0.25, 0.3) is 10.0 Å². The van der Waals surface area contributed by atoms with Gasteiger partial charge in [-0.3, -0.25) is 14.6 Å². The third-order valence-electron chi connectivity index (χ3n) is 6.21. The van der Waals surface area contributed by atoms with Gasteiger partial charge in [0.2, 0.25) is 0 Å². The van der Waals surface area contributed by atoms with Crippen LogP contribution in [-0.4, -0.2) is 60.1 Å². The molecular formula is C25H24F4N4O4S. The Bertz CT molecular complexity index is 1410. The van der Waals surface area contributed by atoms with Crippen LogP contribution in [0.1, 0.15) is 18.1 Å². The molecule has 0 radical (unpaired) electrons. The highest BCUT2D eigenvalue weighted by molar-refractivity contribution is 7.92. The van der Waals surface area contributed by atoms with Gasteiger partial charge in [0.1, 0.15) is 10.7 Å². The minimum absolute atomic E-state index is 0.0539. The standard InChI is InChI=1S/C25H24F4N4O4S/c1-16-14-32(10-11-33(16)24(34)35)15-18-4-7-20(12-22(18)25(27,28)29)31-38(36,37)21-8-9-23(30-13-21)17-2-5-19(26)6-3-17/h2-9,12-13,16,31H,10-11,14-15H2,1H3,(H,34,35)/t16-/m0/s1. The zero-order chi connectivity index (χ0) is 27.7. The van der Waals surface area contributed by atoms with Crippen LogP contribution in [0.3, 0.4) is 0 Å². The highest BCUT2D eigenvalue weighted by atomic mass is 32.2. The number of carbonyl (C=O) groups is 1. The summed E-state index contributed by atoms with van der Waals surface area (Å²) in [5.74, 6) is -0.434. The van der Waals surface area contributed by atoms with Gasteiger partial charge >= 0.3 is 12.3 Å². The van der Waals surface area contributed by atoms with Gasteiger partial charge in [-0.1, -0.05) is 6.07 Å². The molecule has 0 aliphatic carbocycles. The molecule has 2 N–H and O–H groups in total. The number of alkyl halides is 3. The summed E-state index contributed by atoms with van der Waals surface area (Å²) in [6.07, 6.45) is -4.76. The van der Waals surface area contributed by atoms with E-state index in [1.807, 2.05) is 0 Å². The second-order valence-electron chi connectivity index (χ2n) is 8.92. The highest BCUT2D eigenvalue weighted by Crippen LogP contribution is 2.35. The minimum atomic E-state index is -4.75. The number of aromatic nitrogens is 1. The number of nitrogens with one attached hydrogen (secondary N) is 1. The number of pyridine rings is 1. The van der Waals surface area contributed by atoms with Crippen molar-refractivity contribution in [2.45, 2.75) is 30.6 Å². The summed E-state index contributed by atoms with van der Waals surface area (Å²) in [5.41, 5.74) is -0.357. The number of rotatable bonds is 6. The summed E-state index contributed by atoms with van der Waals surface area (Å²) in [4.78, 5) is 18.0. The van der Waals surface area contributed by atoms with Crippen molar-refractivity contribution < 1.29 is 35.9 Å². The van der Waals surface area contributed by atoms with Crippen molar-refractivity contribution in [3.05, 3.63) is 77.7 Å². The van der Waals surface area contributed by atoms with E-state index in [-0.39, 0.29) is 48.4 Å². The number of nitrogens with zero attached hydrogens (tertiary/aromatic N) is 3. The molecule has 0 spiro atoms. The fraction of sp³-hybridized carbons (Fsp3) is 0.280. The van der Waals surface area contributed by atoms with Gasteiger partial charge in [-0.2, -0.15) is 13.2 Å². The molecule has 1 fully saturated rings. The SMILES string of the molecule is C[C@H]1CN(Cc2ccc(NS(=O)(=O)c3ccc(-c4ccc(F)cc4)nc3)cc2C(F)(F)F)CCN1C(=O)O. The van der Waals surface area contributed by atoms with Crippen molar-refractivity contribution in [1.82, 2.24) is 14.8 Å². The lowest BCUT2D eigenvalue weighted by atomic mass is 10.0. The van der Waals surface area contributed by atoms with Gasteiger partial charge < -0.3 is 10.0 Å². The van der Waals surface area contributed by atoms with Gasteiger partial charge in [0, 0.05) is 49.7 Å². The van der Waals surface area contributed by atoms with E-state index < -0.39 is 33.7 Å². The molecule has 1 atom stereocenters. The Balaban J connectivity index is 1.52. The van der Waals surface area contributed by atoms with Crippen molar-refractivity contribution in [2.75, 3.05) is 24.4 Å². The molecule has 1 aliphatic heterocycles. The second-order valence-corrected chi connectivity index (χ2v) is 10.6. The molecule has 1 aromatic heterocycles. The number of anilines is 1. The van der Waals surface area contributed by atoms with Gasteiger partial charge in [-0.05, 0) is 61.0 Å². The molecule has 1 saturated heterocycles. The van der Waals surface area contributed by atoms with Gasteiger partial charge in [-0.25, -0.2) is 17.6 Å². The van der Waals surface area contributed by atoms with E-state index >= 15 is 0 Å². The lowest BCUT2D eigenvalue weighted by Crippen LogP contribution is -2.53. The van der Waals surface area contributed by atoms with Crippen molar-refractivity contribution in [3.63, 3.8) is 0 Å². The van der Waals surface area contributed by atoms with Gasteiger partial charge in [-0.15, -0.1) is 0 Å². The number of sulfonamides is 1. The van der Waals surface area contributed by atoms with E-state index in [0.29, 0.717) is 11.3 Å². The fourth-order valence-corrected chi connectivity index (χ4v) is 5.28. The average molecular weight is 553 g/mol. The molecule has 2 heterocycles. The summed E-state index contributed by atoms with van der Waals surface area (Å²) in [5, 5.41) is 9.20. The minimum Gasteiger partial charge on any atom is -0.465 e. The Morgan fingerprint density at radius 3 is 2.39 bits per heavy atom. The predicted octanol–water partition coefficient (Wildman–Crippen LogP) is 4.89. The van der Waals surface area contributed by atoms with Crippen LogP contribution in [0.5, 0.6) is 0 Å². The number of benzene rings is 2. The van der Waals surface area contributed by atoms with Crippen LogP contribution in [0.4, 0.5) is 28.0 Å². The smallest absolute Gasteiger partial charge is 0.416 e. The molecule has 0 saturated carbocycles. The molecule has 3 aromatic rings. The zero-order valence-electron chi connectivity index (χ0n) is 20.1. The molecule has 0 unspecified atom stereocenters. The van der Waals surface area contributed by atoms with E-state index in [2.05, 4.69) is 9.71 Å². The third-order valence-corrected chi connectivity index (χ3v) is 7.57. The maximum absolute atomic E-state index is 13.9. The second kappa shape index (κ2) is 10.6. The third kappa shape index (κ3) is 6.22. The zero-order valence-corrected chi connectivity index (χ0v) is 20.9. The number of halogens is 4. The Kier molecular flexibility index (Phi) is 7.61. The summed E-state index contributed by atoms with van der Waals surface area (Å²) in [6.45, 7) is 2.31. The largest absolute Gasteiger partial charge is 0.465 e. The number of amides is 1. The van der Waals surface area contributed by atoms with Crippen molar-refractivity contribution in [2.24, 2.45) is 0 Å². The number of hydrogen-bond donors (Lipinski definition) is 2. The molecule has 1 aliphatic rings. The molecule has 13 heteroatoms. The predicted molar refractivity (Wildman–Crippen MR) is 131 cm³/mol. The maximum Gasteiger partial charge on any atom is 0.416 e. The summed E-state index contributed by atoms with van der Waals surface area (Å²) < 4.78 is 82.7. The van der Waals surface area contributed by atoms with Crippen LogP contribution < -0.4 is 4.72 Å². The molecule has 2 aromatic carbocycles. The van der Waals surface area contributed by atoms with Crippen LogP contribution in [0, 0.1) is 5.82 Å². The normalized spacial score (nSPS) is 16.9. The fourth-order valence-electron chi connectivity index (χ4n) is 4.29. The Hall–Kier alpha value is -3.71. The molecule has 8 nitrogen and oxygen atoms in total. The Morgan fingerprint density at radius 2 is 1.82 bits per heavy atom. The monoisotopic (exact) mass is 552 g/mol. The number of hydrogen-bond acceptors (Lipinski definition) is 5. The first-order valence-electron chi connectivity index (χ1n) is 11.5. The summed E-state index contributed by atoms with van der Waals surface area (Å²) in [6, 6.07) is 10.9. The first kappa shape index (κ1) is 27.3. The lowest BCUT2D eigenvalue weighted by Gasteiger charge is -2.38. The molecule has 4 rings (SSSR count). The van der Waals surface area contributed by atoms with Crippen molar-refractivity contribution >= 4 is 21.8 Å². The Morgan fingerprint density at radius 1 is 1.11 bits per heavy atom. The highest BCUT2D eigenvalue weighted by Gasteiger charge is 2.35. The lowest BCUT2D eigenvalue weighted by molar-refractivity contribution is -0.138. The van der Waals surface area contributed by atoms with Gasteiger partial charge in [0.05, 0.1) is 11.3 Å². The maximum atomic E-state index is 13.9. The van der Waals surface area contributed by atoms with Crippen molar-refractivity contribution in [3.8, 4) is 11.3 Å². The van der Waals surface area contributed by atoms with E-state index in [1.54, 1.807) is 11.8 Å². The number of piperazine rings is 1. The van der Waals surface area contributed by atoms with E-state index in [9.17, 15) is 35.9 Å². The average Bonchev–Trinajstić information content (AvgIpc) is 2.84. The van der Waals surface area contributed by atoms with Crippen LogP contribution in [-0.2, 0) is 22.7 Å². The van der Waals surface area contributed by atoms with Crippen LogP contribution >= 0.6 is 0 Å². The van der Waals surface area contributed by atoms with Crippen molar-refractivity contribution in [1.29, 1.82) is 0 Å². The molecular weight excluding hydrogens is 528 g/mol. The van der Waals surface area contributed by atoms with Crippen LogP contribution in [0.2, 0.25) is 0 Å². The molecule has 38 heavy (non-hydrogen) atoms. The number of carboxylic acid groups (broad SMARTS) is 1. The van der Waals surface area contributed by atoms with E-state index in [4.69, 9.17) is 0 Å². The molecule has 1 amide bonds. The quantitative estimate of drug-likeness (QED) is 0.422. The van der Waals surface area contributed by atoms with Gasteiger partial charge in [0.15, 0.2) is 0 Å². The molecule has 0 bridgehead atoms. The Labute approximate surface area is 216 Å². The van der Waals surface area contributed by atoms with Crippen LogP contribution in [0.15, 0.2) is 65.7 Å². The van der Waals surface area contributed by atoms with E-state index in [0.717, 1.165) is 12.3 Å². The topological polar surface area (TPSA) is 103 Å². The molecule has 202 valence electrons. The summed E-state index contributed by atoms with van der Waals surface area (Å²) in [7, 11) is -4.25. The first-order valence-corrected chi connectivity index (χ1v) is 13.0. The van der Waals surface area contributed by atoms with E-state index in [1.165, 1.54) is 53.4 Å². The van der Waals surface area contributed by atoms with Crippen LogP contribution in [0.25, 0.3) is 11.3 Å². The first-order chi connectivity index (χ1) is 17.8. The summed E-state index contributed by atoms with van der Waals surface area (Å²) >= 11 is 0.